The molecule has 2 aromatic carbocycles. The summed E-state index contributed by atoms with van der Waals surface area (Å²) in [5.74, 6) is -1.23. The highest BCUT2D eigenvalue weighted by Gasteiger charge is 2.38. The fraction of sp³-hybridized carbons (Fsp3) is 0.364. The fourth-order valence-corrected chi connectivity index (χ4v) is 6.83. The smallest absolute Gasteiger partial charge is 0.272 e. The lowest BCUT2D eigenvalue weighted by Gasteiger charge is -2.32. The van der Waals surface area contributed by atoms with Crippen molar-refractivity contribution in [3.05, 3.63) is 69.6 Å². The summed E-state index contributed by atoms with van der Waals surface area (Å²) in [6, 6.07) is 7.79. The zero-order valence-corrected chi connectivity index (χ0v) is 17.1. The van der Waals surface area contributed by atoms with E-state index >= 15 is 0 Å². The largest absolute Gasteiger partial charge is 0.318 e. The molecule has 0 atom stereocenters. The molecule has 2 heterocycles. The quantitative estimate of drug-likeness (QED) is 0.644. The topological polar surface area (TPSA) is 66.1 Å². The predicted octanol–water partition coefficient (Wildman–Crippen LogP) is 3.26. The van der Waals surface area contributed by atoms with Crippen LogP contribution in [0.5, 0.6) is 0 Å². The van der Waals surface area contributed by atoms with Gasteiger partial charge in [0.25, 0.3) is 5.56 Å². The van der Waals surface area contributed by atoms with Crippen LogP contribution in [-0.4, -0.2) is 46.6 Å². The third kappa shape index (κ3) is 3.61. The molecule has 2 aliphatic rings. The molecule has 0 amide bonds. The van der Waals surface area contributed by atoms with Crippen LogP contribution in [0, 0.1) is 11.6 Å². The van der Waals surface area contributed by atoms with Crippen LogP contribution in [0.15, 0.2) is 41.2 Å². The Morgan fingerprint density at radius 2 is 1.90 bits per heavy atom. The fourth-order valence-electron chi connectivity index (χ4n) is 4.12. The highest BCUT2D eigenvalue weighted by atomic mass is 31.2. The summed E-state index contributed by atoms with van der Waals surface area (Å²) in [4.78, 5) is 14.4. The first-order valence-corrected chi connectivity index (χ1v) is 12.1. The summed E-state index contributed by atoms with van der Waals surface area (Å²) in [5, 5.41) is 6.32. The van der Waals surface area contributed by atoms with Crippen LogP contribution in [0.4, 0.5) is 8.78 Å². The van der Waals surface area contributed by atoms with Crippen LogP contribution >= 0.6 is 7.14 Å². The number of halogens is 2. The Labute approximate surface area is 175 Å². The molecule has 30 heavy (non-hydrogen) atoms. The van der Waals surface area contributed by atoms with Gasteiger partial charge in [0.2, 0.25) is 0 Å². The standard InChI is InChI=1S/C22H22F2N3O2P/c23-15-2-5-17-18(13-15)22(28)26-25-20(17)11-14-1-6-19(24)21(12-14)30(29)9-7-27(8-10-30)16-3-4-16/h1-2,5-6,12-13,16H,3-4,7-11H2,(H,26,28)/i11D2. The molecular weight excluding hydrogens is 407 g/mol. The van der Waals surface area contributed by atoms with E-state index in [2.05, 4.69) is 15.1 Å². The van der Waals surface area contributed by atoms with Crippen molar-refractivity contribution in [3.63, 3.8) is 0 Å². The van der Waals surface area contributed by atoms with E-state index in [1.165, 1.54) is 18.2 Å². The monoisotopic (exact) mass is 431 g/mol. The number of nitrogens with zero attached hydrogens (tertiary/aromatic N) is 2. The minimum atomic E-state index is -3.01. The number of aromatic amines is 1. The van der Waals surface area contributed by atoms with E-state index in [1.54, 1.807) is 0 Å². The molecule has 1 aliphatic carbocycles. The summed E-state index contributed by atoms with van der Waals surface area (Å²) in [5.41, 5.74) is -0.670. The molecule has 3 aromatic rings. The normalized spacial score (nSPS) is 20.7. The molecule has 0 unspecified atom stereocenters. The second kappa shape index (κ2) is 7.40. The molecular formula is C22H22F2N3O2P. The summed E-state index contributed by atoms with van der Waals surface area (Å²) < 4.78 is 59.6. The third-order valence-electron chi connectivity index (χ3n) is 5.96. The lowest BCUT2D eigenvalue weighted by atomic mass is 10.0. The van der Waals surface area contributed by atoms with Crippen molar-refractivity contribution in [1.29, 1.82) is 0 Å². The van der Waals surface area contributed by atoms with Gasteiger partial charge in [-0.2, -0.15) is 5.10 Å². The average molecular weight is 431 g/mol. The lowest BCUT2D eigenvalue weighted by Crippen LogP contribution is -2.38. The summed E-state index contributed by atoms with van der Waals surface area (Å²) in [6.45, 7) is 1.30. The van der Waals surface area contributed by atoms with Crippen molar-refractivity contribution in [2.75, 3.05) is 25.4 Å². The van der Waals surface area contributed by atoms with Crippen molar-refractivity contribution in [2.24, 2.45) is 0 Å². The van der Waals surface area contributed by atoms with E-state index in [-0.39, 0.29) is 27.3 Å². The number of hydrogen-bond donors (Lipinski definition) is 1. The van der Waals surface area contributed by atoms with Crippen LogP contribution in [0.1, 0.15) is 26.8 Å². The minimum absolute atomic E-state index is 0.0264. The van der Waals surface area contributed by atoms with Crippen molar-refractivity contribution in [2.45, 2.75) is 25.3 Å². The third-order valence-corrected chi connectivity index (χ3v) is 9.02. The number of rotatable bonds is 4. The Morgan fingerprint density at radius 1 is 1.13 bits per heavy atom. The van der Waals surface area contributed by atoms with Crippen molar-refractivity contribution in [3.8, 4) is 0 Å². The van der Waals surface area contributed by atoms with Gasteiger partial charge in [0, 0.05) is 51.3 Å². The van der Waals surface area contributed by atoms with E-state index in [9.17, 15) is 18.1 Å². The Balaban J connectivity index is 1.56. The molecule has 1 saturated heterocycles. The molecule has 1 aliphatic heterocycles. The van der Waals surface area contributed by atoms with Gasteiger partial charge in [-0.25, -0.2) is 13.9 Å². The van der Waals surface area contributed by atoms with Gasteiger partial charge < -0.3 is 4.57 Å². The second-order valence-corrected chi connectivity index (χ2v) is 11.1. The first-order valence-electron chi connectivity index (χ1n) is 11.0. The molecule has 1 saturated carbocycles. The van der Waals surface area contributed by atoms with Crippen LogP contribution in [-0.2, 0) is 10.9 Å². The van der Waals surface area contributed by atoms with E-state index in [0.717, 1.165) is 31.0 Å². The van der Waals surface area contributed by atoms with Crippen molar-refractivity contribution in [1.82, 2.24) is 15.1 Å². The number of benzene rings is 2. The van der Waals surface area contributed by atoms with Crippen LogP contribution in [0.3, 0.4) is 0 Å². The van der Waals surface area contributed by atoms with Gasteiger partial charge in [0.05, 0.1) is 11.1 Å². The highest BCUT2D eigenvalue weighted by Crippen LogP contribution is 2.48. The minimum Gasteiger partial charge on any atom is -0.318 e. The number of H-pyrrole nitrogens is 1. The SMILES string of the molecule is [2H]C([2H])(c1ccc(F)c(P2(=O)CCN(C3CC3)CC2)c1)c1n[nH]c(=O)c2cc(F)ccc12. The van der Waals surface area contributed by atoms with Gasteiger partial charge in [-0.05, 0) is 48.7 Å². The van der Waals surface area contributed by atoms with Gasteiger partial charge in [-0.1, -0.05) is 6.07 Å². The highest BCUT2D eigenvalue weighted by molar-refractivity contribution is 7.71. The Kier molecular flexibility index (Phi) is 4.27. The maximum Gasteiger partial charge on any atom is 0.272 e. The zero-order chi connectivity index (χ0) is 22.7. The molecule has 5 rings (SSSR count). The van der Waals surface area contributed by atoms with Gasteiger partial charge in [0.15, 0.2) is 0 Å². The predicted molar refractivity (Wildman–Crippen MR) is 113 cm³/mol. The zero-order valence-electron chi connectivity index (χ0n) is 18.2. The molecule has 0 radical (unpaired) electrons. The van der Waals surface area contributed by atoms with Crippen LogP contribution in [0.2, 0.25) is 0 Å². The summed E-state index contributed by atoms with van der Waals surface area (Å²) in [7, 11) is -3.01. The molecule has 156 valence electrons. The number of hydrogen-bond acceptors (Lipinski definition) is 4. The number of fused-ring (bicyclic) bond motifs is 1. The second-order valence-electron chi connectivity index (χ2n) is 7.99. The summed E-state index contributed by atoms with van der Waals surface area (Å²) >= 11 is 0. The molecule has 0 bridgehead atoms. The maximum absolute atomic E-state index is 14.8. The molecule has 0 spiro atoms. The lowest BCUT2D eigenvalue weighted by molar-refractivity contribution is 0.285. The van der Waals surface area contributed by atoms with E-state index < -0.39 is 30.7 Å². The first-order chi connectivity index (χ1) is 15.2. The van der Waals surface area contributed by atoms with E-state index in [1.807, 2.05) is 0 Å². The van der Waals surface area contributed by atoms with Gasteiger partial charge in [-0.15, -0.1) is 0 Å². The molecule has 2 fully saturated rings. The molecule has 8 heteroatoms. The van der Waals surface area contributed by atoms with E-state index in [0.29, 0.717) is 31.5 Å². The Morgan fingerprint density at radius 3 is 2.63 bits per heavy atom. The number of nitrogens with one attached hydrogen (secondary N) is 1. The molecule has 5 nitrogen and oxygen atoms in total. The molecule has 1 aromatic heterocycles. The van der Waals surface area contributed by atoms with Gasteiger partial charge in [0.1, 0.15) is 18.8 Å². The molecule has 1 N–H and O–H groups in total. The Bertz CT molecular complexity index is 1310. The summed E-state index contributed by atoms with van der Waals surface area (Å²) in [6.07, 6.45) is 0.798. The Hall–Kier alpha value is -2.37. The van der Waals surface area contributed by atoms with Gasteiger partial charge >= 0.3 is 0 Å². The maximum atomic E-state index is 14.8. The van der Waals surface area contributed by atoms with Crippen molar-refractivity contribution >= 4 is 23.2 Å². The van der Waals surface area contributed by atoms with Crippen LogP contribution in [0.25, 0.3) is 10.8 Å². The number of aromatic nitrogens is 2. The average Bonchev–Trinajstić information content (AvgIpc) is 3.60. The van der Waals surface area contributed by atoms with Gasteiger partial charge in [-0.3, -0.25) is 9.69 Å². The van der Waals surface area contributed by atoms with E-state index in [4.69, 9.17) is 2.74 Å². The van der Waals surface area contributed by atoms with Crippen LogP contribution < -0.4 is 10.9 Å². The first kappa shape index (κ1) is 17.3. The van der Waals surface area contributed by atoms with Crippen molar-refractivity contribution < 1.29 is 16.1 Å².